The maximum Gasteiger partial charge on any atom is 0.110 e. The Kier molecular flexibility index (Phi) is 2.65. The van der Waals surface area contributed by atoms with Crippen LogP contribution in [0.15, 0.2) is 36.5 Å². The summed E-state index contributed by atoms with van der Waals surface area (Å²) >= 11 is 0. The molecule has 0 bridgehead atoms. The minimum atomic E-state index is -0.904. The Balaban J connectivity index is 2.02. The van der Waals surface area contributed by atoms with Gasteiger partial charge < -0.3 is 10.8 Å². The smallest absolute Gasteiger partial charge is 0.110 e. The third-order valence-electron chi connectivity index (χ3n) is 3.56. The summed E-state index contributed by atoms with van der Waals surface area (Å²) in [6, 6.07) is 9.75. The quantitative estimate of drug-likeness (QED) is 0.825. The van der Waals surface area contributed by atoms with Crippen molar-refractivity contribution in [3.8, 4) is 5.69 Å². The highest BCUT2D eigenvalue weighted by molar-refractivity contribution is 5.33. The first kappa shape index (κ1) is 11.4. The molecular weight excluding hydrogens is 228 g/mol. The third kappa shape index (κ3) is 1.81. The molecule has 1 aliphatic carbocycles. The van der Waals surface area contributed by atoms with Gasteiger partial charge in [-0.3, -0.25) is 0 Å². The second-order valence-corrected chi connectivity index (χ2v) is 4.90. The van der Waals surface area contributed by atoms with Gasteiger partial charge in [0.2, 0.25) is 0 Å². The number of aromatic nitrogens is 3. The zero-order valence-electron chi connectivity index (χ0n) is 10.0. The first-order chi connectivity index (χ1) is 8.69. The molecule has 5 nitrogen and oxygen atoms in total. The van der Waals surface area contributed by atoms with Crippen LogP contribution in [0.5, 0.6) is 0 Å². The van der Waals surface area contributed by atoms with E-state index in [-0.39, 0.29) is 6.04 Å². The van der Waals surface area contributed by atoms with Gasteiger partial charge in [-0.1, -0.05) is 23.4 Å². The summed E-state index contributed by atoms with van der Waals surface area (Å²) in [5.74, 6) is 0. The summed E-state index contributed by atoms with van der Waals surface area (Å²) < 4.78 is 1.69. The predicted molar refractivity (Wildman–Crippen MR) is 67.1 cm³/mol. The number of aliphatic hydroxyl groups is 1. The lowest BCUT2D eigenvalue weighted by molar-refractivity contribution is 0.0361. The molecule has 0 saturated heterocycles. The molecule has 0 spiro atoms. The zero-order chi connectivity index (χ0) is 12.6. The highest BCUT2D eigenvalue weighted by Crippen LogP contribution is 2.38. The summed E-state index contributed by atoms with van der Waals surface area (Å²) in [7, 11) is 0. The average Bonchev–Trinajstić information content (AvgIpc) is 2.98. The van der Waals surface area contributed by atoms with Crippen molar-refractivity contribution >= 4 is 0 Å². The Morgan fingerprint density at radius 2 is 2.11 bits per heavy atom. The summed E-state index contributed by atoms with van der Waals surface area (Å²) in [5.41, 5.74) is 6.62. The van der Waals surface area contributed by atoms with Crippen LogP contribution in [0.4, 0.5) is 0 Å². The summed E-state index contributed by atoms with van der Waals surface area (Å²) in [5, 5.41) is 18.7. The van der Waals surface area contributed by atoms with Gasteiger partial charge in [0.05, 0.1) is 17.6 Å². The van der Waals surface area contributed by atoms with Crippen LogP contribution < -0.4 is 5.73 Å². The molecule has 2 atom stereocenters. The largest absolute Gasteiger partial charge is 0.383 e. The van der Waals surface area contributed by atoms with Crippen LogP contribution >= 0.6 is 0 Å². The van der Waals surface area contributed by atoms with E-state index in [1.165, 1.54) is 0 Å². The van der Waals surface area contributed by atoms with E-state index in [9.17, 15) is 5.11 Å². The van der Waals surface area contributed by atoms with Crippen molar-refractivity contribution in [3.63, 3.8) is 0 Å². The number of para-hydroxylation sites is 1. The van der Waals surface area contributed by atoms with E-state index in [1.807, 2.05) is 30.3 Å². The topological polar surface area (TPSA) is 77.0 Å². The second-order valence-electron chi connectivity index (χ2n) is 4.90. The van der Waals surface area contributed by atoms with E-state index < -0.39 is 5.60 Å². The lowest BCUT2D eigenvalue weighted by Crippen LogP contribution is -2.28. The molecule has 1 heterocycles. The molecule has 0 amide bonds. The number of hydrogen-bond donors (Lipinski definition) is 2. The average molecular weight is 244 g/mol. The van der Waals surface area contributed by atoms with Gasteiger partial charge in [0.15, 0.2) is 0 Å². The van der Waals surface area contributed by atoms with Crippen molar-refractivity contribution in [2.24, 2.45) is 5.73 Å². The maximum absolute atomic E-state index is 10.7. The Labute approximate surface area is 105 Å². The van der Waals surface area contributed by atoms with Gasteiger partial charge in [-0.15, -0.1) is 5.10 Å². The van der Waals surface area contributed by atoms with Crippen molar-refractivity contribution in [3.05, 3.63) is 42.2 Å². The minimum absolute atomic E-state index is 0.0501. The number of benzene rings is 1. The first-order valence-electron chi connectivity index (χ1n) is 6.14. The molecule has 1 aromatic carbocycles. The number of nitrogens with two attached hydrogens (primary N) is 1. The molecule has 0 radical (unpaired) electrons. The van der Waals surface area contributed by atoms with Gasteiger partial charge >= 0.3 is 0 Å². The van der Waals surface area contributed by atoms with Gasteiger partial charge in [0.25, 0.3) is 0 Å². The van der Waals surface area contributed by atoms with Gasteiger partial charge in [-0.2, -0.15) is 0 Å². The number of hydrogen-bond acceptors (Lipinski definition) is 4. The Bertz CT molecular complexity index is 539. The van der Waals surface area contributed by atoms with Crippen molar-refractivity contribution < 1.29 is 5.11 Å². The Morgan fingerprint density at radius 1 is 1.33 bits per heavy atom. The molecule has 18 heavy (non-hydrogen) atoms. The van der Waals surface area contributed by atoms with E-state index in [2.05, 4.69) is 10.3 Å². The third-order valence-corrected chi connectivity index (χ3v) is 3.56. The first-order valence-corrected chi connectivity index (χ1v) is 6.14. The fourth-order valence-corrected chi connectivity index (χ4v) is 2.61. The van der Waals surface area contributed by atoms with E-state index >= 15 is 0 Å². The lowest BCUT2D eigenvalue weighted by atomic mass is 9.98. The van der Waals surface area contributed by atoms with Gasteiger partial charge in [0.1, 0.15) is 5.60 Å². The number of rotatable bonds is 2. The molecule has 0 aliphatic heterocycles. The van der Waals surface area contributed by atoms with Crippen molar-refractivity contribution in [1.82, 2.24) is 15.0 Å². The molecular formula is C13H16N4O. The highest BCUT2D eigenvalue weighted by atomic mass is 16.3. The van der Waals surface area contributed by atoms with Crippen LogP contribution in [-0.4, -0.2) is 26.1 Å². The summed E-state index contributed by atoms with van der Waals surface area (Å²) in [6.45, 7) is 0. The van der Waals surface area contributed by atoms with Gasteiger partial charge in [-0.05, 0) is 31.4 Å². The monoisotopic (exact) mass is 244 g/mol. The fourth-order valence-electron chi connectivity index (χ4n) is 2.61. The molecule has 2 aromatic rings. The molecule has 3 rings (SSSR count). The van der Waals surface area contributed by atoms with Crippen LogP contribution in [0.1, 0.15) is 25.0 Å². The molecule has 1 aliphatic rings. The van der Waals surface area contributed by atoms with Crippen molar-refractivity contribution in [2.75, 3.05) is 0 Å². The van der Waals surface area contributed by atoms with Crippen LogP contribution in [0.3, 0.4) is 0 Å². The van der Waals surface area contributed by atoms with Gasteiger partial charge in [0, 0.05) is 6.04 Å². The summed E-state index contributed by atoms with van der Waals surface area (Å²) in [6.07, 6.45) is 3.68. The Morgan fingerprint density at radius 3 is 2.78 bits per heavy atom. The molecule has 3 N–H and O–H groups in total. The molecule has 1 aromatic heterocycles. The van der Waals surface area contributed by atoms with E-state index in [0.29, 0.717) is 12.8 Å². The van der Waals surface area contributed by atoms with Gasteiger partial charge in [-0.25, -0.2) is 4.68 Å². The normalized spacial score (nSPS) is 27.6. The summed E-state index contributed by atoms with van der Waals surface area (Å²) in [4.78, 5) is 0. The van der Waals surface area contributed by atoms with Crippen molar-refractivity contribution in [2.45, 2.75) is 30.9 Å². The molecule has 5 heteroatoms. The fraction of sp³-hybridized carbons (Fsp3) is 0.385. The second kappa shape index (κ2) is 4.19. The SMILES string of the molecule is NC1CCC(O)(c2cnnn2-c2ccccc2)C1. The van der Waals surface area contributed by atoms with E-state index in [4.69, 9.17) is 5.73 Å². The van der Waals surface area contributed by atoms with Crippen LogP contribution in [0.2, 0.25) is 0 Å². The number of nitrogens with zero attached hydrogens (tertiary/aromatic N) is 3. The highest BCUT2D eigenvalue weighted by Gasteiger charge is 2.40. The Hall–Kier alpha value is -1.72. The van der Waals surface area contributed by atoms with Crippen LogP contribution in [-0.2, 0) is 5.60 Å². The zero-order valence-corrected chi connectivity index (χ0v) is 10.0. The van der Waals surface area contributed by atoms with Crippen molar-refractivity contribution in [1.29, 1.82) is 0 Å². The van der Waals surface area contributed by atoms with Crippen LogP contribution in [0.25, 0.3) is 5.69 Å². The predicted octanol–water partition coefficient (Wildman–Crippen LogP) is 0.966. The molecule has 1 saturated carbocycles. The van der Waals surface area contributed by atoms with E-state index in [1.54, 1.807) is 10.9 Å². The van der Waals surface area contributed by atoms with Crippen LogP contribution in [0, 0.1) is 0 Å². The standard InChI is InChI=1S/C13H16N4O/c14-10-6-7-13(18,8-10)12-9-15-16-17(12)11-4-2-1-3-5-11/h1-5,9-10,18H,6-8,14H2. The lowest BCUT2D eigenvalue weighted by Gasteiger charge is -2.22. The molecule has 2 unspecified atom stereocenters. The maximum atomic E-state index is 10.7. The molecule has 94 valence electrons. The minimum Gasteiger partial charge on any atom is -0.383 e. The van der Waals surface area contributed by atoms with E-state index in [0.717, 1.165) is 17.8 Å². The molecule has 1 fully saturated rings.